The predicted octanol–water partition coefficient (Wildman–Crippen LogP) is 3.92. The van der Waals surface area contributed by atoms with Gasteiger partial charge in [-0.1, -0.05) is 22.0 Å². The number of hydrogen-bond donors (Lipinski definition) is 0. The van der Waals surface area contributed by atoms with Gasteiger partial charge in [0.25, 0.3) is 0 Å². The zero-order chi connectivity index (χ0) is 10.0. The van der Waals surface area contributed by atoms with Crippen molar-refractivity contribution in [2.75, 3.05) is 0 Å². The lowest BCUT2D eigenvalue weighted by Gasteiger charge is -2.07. The fourth-order valence-corrected chi connectivity index (χ4v) is 2.06. The lowest BCUT2D eigenvalue weighted by atomic mass is 10.1. The van der Waals surface area contributed by atoms with Crippen LogP contribution in [0.2, 0.25) is 0 Å². The zero-order valence-electron chi connectivity index (χ0n) is 6.85. The van der Waals surface area contributed by atoms with Gasteiger partial charge in [0, 0.05) is 7.14 Å². The molecule has 0 heterocycles. The van der Waals surface area contributed by atoms with Crippen LogP contribution in [0, 0.1) is 7.14 Å². The molecule has 1 rings (SSSR count). The third-order valence-electron chi connectivity index (χ3n) is 1.59. The molecule has 0 amide bonds. The largest absolute Gasteiger partial charge is 0.298 e. The van der Waals surface area contributed by atoms with Crippen LogP contribution in [0.5, 0.6) is 0 Å². The maximum Gasteiger partial charge on any atom is 0.147 e. The minimum Gasteiger partial charge on any atom is -0.298 e. The van der Waals surface area contributed by atoms with E-state index in [9.17, 15) is 4.79 Å². The summed E-state index contributed by atoms with van der Waals surface area (Å²) in [6.45, 7) is 1.59. The molecule has 0 saturated carbocycles. The van der Waals surface area contributed by atoms with Crippen LogP contribution in [0.4, 0.5) is 0 Å². The molecule has 0 aromatic heterocycles. The lowest BCUT2D eigenvalue weighted by molar-refractivity contribution is -0.116. The zero-order valence-corrected chi connectivity index (χ0v) is 12.8. The van der Waals surface area contributed by atoms with Gasteiger partial charge in [-0.3, -0.25) is 4.79 Å². The van der Waals surface area contributed by atoms with Crippen LogP contribution < -0.4 is 0 Å². The summed E-state index contributed by atoms with van der Waals surface area (Å²) in [5.41, 5.74) is 1.03. The molecule has 1 atom stereocenters. The molecule has 0 aliphatic rings. The van der Waals surface area contributed by atoms with E-state index in [-0.39, 0.29) is 10.6 Å². The van der Waals surface area contributed by atoms with E-state index in [1.54, 1.807) is 6.92 Å². The third kappa shape index (κ3) is 3.16. The Morgan fingerprint density at radius 2 is 2.00 bits per heavy atom. The summed E-state index contributed by atoms with van der Waals surface area (Å²) in [6.07, 6.45) is 0. The summed E-state index contributed by atoms with van der Waals surface area (Å²) in [6, 6.07) is 6.03. The van der Waals surface area contributed by atoms with Crippen LogP contribution in [-0.2, 0) is 4.79 Å². The highest BCUT2D eigenvalue weighted by Crippen LogP contribution is 2.26. The van der Waals surface area contributed by atoms with Gasteiger partial charge in [0.2, 0.25) is 0 Å². The second-order valence-corrected chi connectivity index (χ2v) is 5.89. The second-order valence-electron chi connectivity index (χ2n) is 2.65. The number of carbonyl (C=O) groups is 1. The average molecular weight is 465 g/mol. The van der Waals surface area contributed by atoms with Crippen LogP contribution >= 0.6 is 61.1 Å². The second kappa shape index (κ2) is 5.06. The number of rotatable bonds is 2. The number of ketones is 1. The van der Waals surface area contributed by atoms with Gasteiger partial charge in [-0.05, 0) is 69.8 Å². The van der Waals surface area contributed by atoms with Crippen molar-refractivity contribution in [1.29, 1.82) is 0 Å². The predicted molar refractivity (Wildman–Crippen MR) is 74.2 cm³/mol. The molecular formula is C9H7BrI2O. The standard InChI is InChI=1S/C9H7BrI2O/c1-5(13)9(10)6-2-3-7(11)8(12)4-6/h2-4,9H,1H3. The monoisotopic (exact) mass is 464 g/mol. The minimum absolute atomic E-state index is 0.136. The first-order valence-electron chi connectivity index (χ1n) is 3.62. The van der Waals surface area contributed by atoms with Gasteiger partial charge < -0.3 is 0 Å². The Morgan fingerprint density at radius 1 is 1.38 bits per heavy atom. The van der Waals surface area contributed by atoms with Gasteiger partial charge in [0.05, 0.1) is 4.83 Å². The van der Waals surface area contributed by atoms with Gasteiger partial charge in [0.1, 0.15) is 5.78 Å². The first-order chi connectivity index (χ1) is 6.02. The molecule has 0 radical (unpaired) electrons. The van der Waals surface area contributed by atoms with Gasteiger partial charge in [-0.2, -0.15) is 0 Å². The minimum atomic E-state index is -0.169. The molecule has 0 spiro atoms. The van der Waals surface area contributed by atoms with E-state index < -0.39 is 0 Å². The molecule has 1 aromatic rings. The van der Waals surface area contributed by atoms with E-state index in [4.69, 9.17) is 0 Å². The van der Waals surface area contributed by atoms with Crippen molar-refractivity contribution in [3.8, 4) is 0 Å². The molecule has 70 valence electrons. The van der Waals surface area contributed by atoms with E-state index in [1.807, 2.05) is 18.2 Å². The molecular weight excluding hydrogens is 458 g/mol. The molecule has 0 saturated heterocycles. The van der Waals surface area contributed by atoms with Crippen molar-refractivity contribution in [3.05, 3.63) is 30.9 Å². The lowest BCUT2D eigenvalue weighted by Crippen LogP contribution is -2.01. The van der Waals surface area contributed by atoms with Gasteiger partial charge in [0.15, 0.2) is 0 Å². The number of halogens is 3. The average Bonchev–Trinajstić information content (AvgIpc) is 2.08. The van der Waals surface area contributed by atoms with E-state index >= 15 is 0 Å². The molecule has 0 N–H and O–H groups in total. The van der Waals surface area contributed by atoms with Crippen molar-refractivity contribution in [3.63, 3.8) is 0 Å². The first kappa shape index (κ1) is 11.9. The maximum atomic E-state index is 11.1. The summed E-state index contributed by atoms with van der Waals surface area (Å²) in [5.74, 6) is 0.136. The van der Waals surface area contributed by atoms with Gasteiger partial charge in [-0.15, -0.1) is 0 Å². The fourth-order valence-electron chi connectivity index (χ4n) is 0.905. The van der Waals surface area contributed by atoms with Gasteiger partial charge >= 0.3 is 0 Å². The van der Waals surface area contributed by atoms with Crippen LogP contribution in [0.3, 0.4) is 0 Å². The quantitative estimate of drug-likeness (QED) is 0.479. The maximum absolute atomic E-state index is 11.1. The normalized spacial score (nSPS) is 12.6. The summed E-state index contributed by atoms with van der Waals surface area (Å²) in [4.78, 5) is 10.9. The molecule has 1 nitrogen and oxygen atoms in total. The number of benzene rings is 1. The first-order valence-corrected chi connectivity index (χ1v) is 6.69. The number of alkyl halides is 1. The molecule has 1 aromatic carbocycles. The molecule has 1 unspecified atom stereocenters. The van der Waals surface area contributed by atoms with E-state index in [1.165, 1.54) is 7.14 Å². The van der Waals surface area contributed by atoms with Gasteiger partial charge in [-0.25, -0.2) is 0 Å². The van der Waals surface area contributed by atoms with Crippen LogP contribution in [0.1, 0.15) is 17.3 Å². The molecule has 0 bridgehead atoms. The smallest absolute Gasteiger partial charge is 0.147 e. The van der Waals surface area contributed by atoms with Crippen LogP contribution in [0.15, 0.2) is 18.2 Å². The summed E-state index contributed by atoms with van der Waals surface area (Å²) in [7, 11) is 0. The molecule has 0 aliphatic carbocycles. The highest BCUT2D eigenvalue weighted by atomic mass is 127. The Bertz CT molecular complexity index is 338. The Kier molecular flexibility index (Phi) is 4.64. The molecule has 4 heteroatoms. The Morgan fingerprint density at radius 3 is 2.46 bits per heavy atom. The summed E-state index contributed by atoms with van der Waals surface area (Å²) < 4.78 is 2.40. The van der Waals surface area contributed by atoms with Crippen molar-refractivity contribution in [1.82, 2.24) is 0 Å². The summed E-state index contributed by atoms with van der Waals surface area (Å²) in [5, 5.41) is 0. The topological polar surface area (TPSA) is 17.1 Å². The van der Waals surface area contributed by atoms with Crippen molar-refractivity contribution < 1.29 is 4.79 Å². The van der Waals surface area contributed by atoms with E-state index in [0.29, 0.717) is 0 Å². The fraction of sp³-hybridized carbons (Fsp3) is 0.222. The number of carbonyl (C=O) groups excluding carboxylic acids is 1. The number of hydrogen-bond acceptors (Lipinski definition) is 1. The highest BCUT2D eigenvalue weighted by Gasteiger charge is 2.12. The van der Waals surface area contributed by atoms with E-state index in [0.717, 1.165) is 5.56 Å². The Labute approximate surface area is 113 Å². The van der Waals surface area contributed by atoms with Crippen molar-refractivity contribution in [2.24, 2.45) is 0 Å². The van der Waals surface area contributed by atoms with E-state index in [2.05, 4.69) is 61.1 Å². The number of Topliss-reactive ketones (excluding diaryl/α,β-unsaturated/α-hetero) is 1. The van der Waals surface area contributed by atoms with Crippen molar-refractivity contribution >= 4 is 66.9 Å². The molecule has 0 fully saturated rings. The molecule has 0 aliphatic heterocycles. The Hall–Kier alpha value is 0.830. The summed E-state index contributed by atoms with van der Waals surface area (Å²) >= 11 is 7.89. The van der Waals surface area contributed by atoms with Crippen LogP contribution in [-0.4, -0.2) is 5.78 Å². The third-order valence-corrected chi connectivity index (χ3v) is 5.63. The molecule has 13 heavy (non-hydrogen) atoms. The Balaban J connectivity index is 3.03. The van der Waals surface area contributed by atoms with Crippen molar-refractivity contribution in [2.45, 2.75) is 11.8 Å². The SMILES string of the molecule is CC(=O)C(Br)c1ccc(I)c(I)c1. The highest BCUT2D eigenvalue weighted by molar-refractivity contribution is 14.1. The van der Waals surface area contributed by atoms with Crippen LogP contribution in [0.25, 0.3) is 0 Å².